The van der Waals surface area contributed by atoms with Gasteiger partial charge in [0.1, 0.15) is 10.9 Å². The Morgan fingerprint density at radius 3 is 2.74 bits per heavy atom. The van der Waals surface area contributed by atoms with Crippen LogP contribution in [0.5, 0.6) is 0 Å². The average molecular weight is 292 g/mol. The molecule has 0 unspecified atom stereocenters. The van der Waals surface area contributed by atoms with E-state index in [-0.39, 0.29) is 0 Å². The molecule has 0 saturated heterocycles. The Hall–Kier alpha value is -1.84. The van der Waals surface area contributed by atoms with Gasteiger partial charge >= 0.3 is 0 Å². The minimum absolute atomic E-state index is 0.293. The highest BCUT2D eigenvalue weighted by Crippen LogP contribution is 2.19. The normalized spacial score (nSPS) is 10.9. The van der Waals surface area contributed by atoms with Crippen LogP contribution >= 0.6 is 11.3 Å². The molecule has 2 rings (SSSR count). The van der Waals surface area contributed by atoms with Crippen molar-refractivity contribution >= 4 is 26.9 Å². The quantitative estimate of drug-likeness (QED) is 0.940. The van der Waals surface area contributed by atoms with Gasteiger partial charge in [-0.05, 0) is 30.3 Å². The van der Waals surface area contributed by atoms with Crippen LogP contribution in [0.4, 0.5) is 5.69 Å². The van der Waals surface area contributed by atoms with E-state index >= 15 is 0 Å². The zero-order valence-corrected chi connectivity index (χ0v) is 11.9. The average Bonchev–Trinajstić information content (AvgIpc) is 2.84. The molecule has 0 aliphatic carbocycles. The first-order valence-corrected chi connectivity index (χ1v) is 8.22. The number of nitrogens with zero attached hydrogens (tertiary/aromatic N) is 1. The summed E-state index contributed by atoms with van der Waals surface area (Å²) in [5, 5.41) is 11.9. The molecule has 0 aliphatic heterocycles. The zero-order chi connectivity index (χ0) is 13.9. The summed E-state index contributed by atoms with van der Waals surface area (Å²) in [6.45, 7) is 0.569. The smallest absolute Gasteiger partial charge is 0.175 e. The number of hydrogen-bond donors (Lipinski definition) is 1. The lowest BCUT2D eigenvalue weighted by molar-refractivity contribution is 0.602. The van der Waals surface area contributed by atoms with Crippen molar-refractivity contribution in [3.8, 4) is 6.07 Å². The zero-order valence-electron chi connectivity index (χ0n) is 10.3. The summed E-state index contributed by atoms with van der Waals surface area (Å²) in [4.78, 5) is 1.99. The molecular formula is C13H12N2O2S2. The molecule has 6 heteroatoms. The Morgan fingerprint density at radius 2 is 2.11 bits per heavy atom. The number of benzene rings is 1. The first kappa shape index (κ1) is 13.6. The van der Waals surface area contributed by atoms with Crippen molar-refractivity contribution in [3.05, 3.63) is 46.2 Å². The van der Waals surface area contributed by atoms with Gasteiger partial charge in [-0.2, -0.15) is 5.26 Å². The van der Waals surface area contributed by atoms with Gasteiger partial charge in [-0.15, -0.1) is 11.3 Å². The second-order valence-corrected chi connectivity index (χ2v) is 7.22. The Labute approximate surface area is 116 Å². The number of rotatable bonds is 4. The van der Waals surface area contributed by atoms with Crippen molar-refractivity contribution in [2.45, 2.75) is 11.4 Å². The van der Waals surface area contributed by atoms with Gasteiger partial charge in [0.25, 0.3) is 0 Å². The predicted molar refractivity (Wildman–Crippen MR) is 75.9 cm³/mol. The lowest BCUT2D eigenvalue weighted by Gasteiger charge is -2.06. The fourth-order valence-electron chi connectivity index (χ4n) is 1.56. The van der Waals surface area contributed by atoms with Crippen molar-refractivity contribution < 1.29 is 8.42 Å². The fourth-order valence-corrected chi connectivity index (χ4v) is 2.97. The molecule has 0 aliphatic rings. The van der Waals surface area contributed by atoms with E-state index in [0.717, 1.165) is 10.6 Å². The van der Waals surface area contributed by atoms with E-state index in [1.807, 2.05) is 12.1 Å². The second kappa shape index (κ2) is 5.43. The lowest BCUT2D eigenvalue weighted by Crippen LogP contribution is -2.01. The highest BCUT2D eigenvalue weighted by atomic mass is 32.2. The summed E-state index contributed by atoms with van der Waals surface area (Å²) >= 11 is 1.42. The summed E-state index contributed by atoms with van der Waals surface area (Å²) in [5.41, 5.74) is 0.745. The highest BCUT2D eigenvalue weighted by Gasteiger charge is 2.07. The lowest BCUT2D eigenvalue weighted by atomic mass is 10.3. The SMILES string of the molecule is CS(=O)(=O)c1cccc(NCc2ccc(C#N)s2)c1. The largest absolute Gasteiger partial charge is 0.380 e. The van der Waals surface area contributed by atoms with Crippen molar-refractivity contribution in [1.82, 2.24) is 0 Å². The minimum atomic E-state index is -3.19. The highest BCUT2D eigenvalue weighted by molar-refractivity contribution is 7.90. The summed E-state index contributed by atoms with van der Waals surface area (Å²) in [7, 11) is -3.19. The van der Waals surface area contributed by atoms with Crippen LogP contribution in [-0.2, 0) is 16.4 Å². The van der Waals surface area contributed by atoms with Crippen LogP contribution in [0.3, 0.4) is 0 Å². The number of nitrogens with one attached hydrogen (secondary N) is 1. The van der Waals surface area contributed by atoms with E-state index in [4.69, 9.17) is 5.26 Å². The fraction of sp³-hybridized carbons (Fsp3) is 0.154. The van der Waals surface area contributed by atoms with E-state index in [2.05, 4.69) is 11.4 Å². The van der Waals surface area contributed by atoms with Crippen molar-refractivity contribution in [1.29, 1.82) is 5.26 Å². The van der Waals surface area contributed by atoms with Crippen LogP contribution < -0.4 is 5.32 Å². The van der Waals surface area contributed by atoms with Crippen molar-refractivity contribution in [3.63, 3.8) is 0 Å². The van der Waals surface area contributed by atoms with E-state index in [0.29, 0.717) is 16.3 Å². The molecule has 1 N–H and O–H groups in total. The van der Waals surface area contributed by atoms with Crippen LogP contribution in [0.25, 0.3) is 0 Å². The Bertz CT molecular complexity index is 727. The van der Waals surface area contributed by atoms with Crippen LogP contribution in [0.2, 0.25) is 0 Å². The third kappa shape index (κ3) is 3.56. The van der Waals surface area contributed by atoms with Crippen LogP contribution in [0.1, 0.15) is 9.75 Å². The Balaban J connectivity index is 2.10. The molecule has 0 spiro atoms. The van der Waals surface area contributed by atoms with Gasteiger partial charge in [0.2, 0.25) is 0 Å². The standard InChI is InChI=1S/C13H12N2O2S2/c1-19(16,17)13-4-2-3-10(7-13)15-9-12-6-5-11(8-14)18-12/h2-7,15H,9H2,1H3. The summed E-state index contributed by atoms with van der Waals surface area (Å²) in [6, 6.07) is 12.4. The van der Waals surface area contributed by atoms with Gasteiger partial charge in [-0.1, -0.05) is 6.07 Å². The third-order valence-corrected chi connectivity index (χ3v) is 4.60. The third-order valence-electron chi connectivity index (χ3n) is 2.50. The molecule has 0 atom stereocenters. The van der Waals surface area contributed by atoms with Gasteiger partial charge in [0, 0.05) is 23.4 Å². The topological polar surface area (TPSA) is 70.0 Å². The van der Waals surface area contributed by atoms with Crippen molar-refractivity contribution in [2.75, 3.05) is 11.6 Å². The molecular weight excluding hydrogens is 280 g/mol. The van der Waals surface area contributed by atoms with Gasteiger partial charge in [-0.3, -0.25) is 0 Å². The summed E-state index contributed by atoms with van der Waals surface area (Å²) in [5.74, 6) is 0. The van der Waals surface area contributed by atoms with Crippen LogP contribution in [0, 0.1) is 11.3 Å². The second-order valence-electron chi connectivity index (χ2n) is 4.03. The van der Waals surface area contributed by atoms with Gasteiger partial charge in [0.15, 0.2) is 9.84 Å². The van der Waals surface area contributed by atoms with Gasteiger partial charge in [0.05, 0.1) is 4.90 Å². The predicted octanol–water partition coefficient (Wildman–Crippen LogP) is 2.64. The number of sulfone groups is 1. The Kier molecular flexibility index (Phi) is 3.88. The van der Waals surface area contributed by atoms with Gasteiger partial charge in [-0.25, -0.2) is 8.42 Å². The molecule has 1 aromatic heterocycles. The maximum Gasteiger partial charge on any atom is 0.175 e. The van der Waals surface area contributed by atoms with E-state index in [1.165, 1.54) is 17.6 Å². The van der Waals surface area contributed by atoms with Crippen molar-refractivity contribution in [2.24, 2.45) is 0 Å². The monoisotopic (exact) mass is 292 g/mol. The molecule has 1 heterocycles. The molecule has 0 bridgehead atoms. The Morgan fingerprint density at radius 1 is 1.32 bits per heavy atom. The molecule has 0 amide bonds. The van der Waals surface area contributed by atoms with Gasteiger partial charge < -0.3 is 5.32 Å². The molecule has 4 nitrogen and oxygen atoms in total. The number of thiophene rings is 1. The van der Waals surface area contributed by atoms with E-state index in [1.54, 1.807) is 24.3 Å². The van der Waals surface area contributed by atoms with Crippen LogP contribution in [0.15, 0.2) is 41.3 Å². The van der Waals surface area contributed by atoms with E-state index in [9.17, 15) is 8.42 Å². The number of nitriles is 1. The minimum Gasteiger partial charge on any atom is -0.380 e. The molecule has 2 aromatic rings. The number of anilines is 1. The number of hydrogen-bond acceptors (Lipinski definition) is 5. The maximum atomic E-state index is 11.4. The molecule has 98 valence electrons. The summed E-state index contributed by atoms with van der Waals surface area (Å²) in [6.07, 6.45) is 1.19. The molecule has 19 heavy (non-hydrogen) atoms. The molecule has 0 saturated carbocycles. The summed E-state index contributed by atoms with van der Waals surface area (Å²) < 4.78 is 22.9. The van der Waals surface area contributed by atoms with Crippen LogP contribution in [-0.4, -0.2) is 14.7 Å². The van der Waals surface area contributed by atoms with E-state index < -0.39 is 9.84 Å². The first-order chi connectivity index (χ1) is 8.99. The maximum absolute atomic E-state index is 11.4. The first-order valence-electron chi connectivity index (χ1n) is 5.52. The molecule has 0 fully saturated rings. The molecule has 1 aromatic carbocycles. The molecule has 0 radical (unpaired) electrons.